The van der Waals surface area contributed by atoms with E-state index in [1.807, 2.05) is 0 Å². The molecule has 0 aliphatic carbocycles. The monoisotopic (exact) mass is 214 g/mol. The summed E-state index contributed by atoms with van der Waals surface area (Å²) >= 11 is 0. The lowest BCUT2D eigenvalue weighted by Gasteiger charge is -2.16. The van der Waals surface area contributed by atoms with Gasteiger partial charge in [-0.1, -0.05) is 12.8 Å². The molecule has 0 aromatic carbocycles. The maximum absolute atomic E-state index is 8.66. The predicted octanol–water partition coefficient (Wildman–Crippen LogP) is 0.0989. The summed E-state index contributed by atoms with van der Waals surface area (Å²) in [5.41, 5.74) is 6.01. The Hall–Kier alpha value is -0.0951. The van der Waals surface area contributed by atoms with Crippen LogP contribution in [-0.2, 0) is 0 Å². The highest BCUT2D eigenvalue weighted by Gasteiger charge is 2.17. The molecular formula is C10H23BN2O2. The third-order valence-corrected chi connectivity index (χ3v) is 3.04. The van der Waals surface area contributed by atoms with Gasteiger partial charge in [0.25, 0.3) is 0 Å². The molecule has 1 heterocycles. The van der Waals surface area contributed by atoms with E-state index >= 15 is 0 Å². The van der Waals surface area contributed by atoms with Crippen LogP contribution in [0.15, 0.2) is 0 Å². The van der Waals surface area contributed by atoms with Gasteiger partial charge in [-0.25, -0.2) is 0 Å². The number of nitrogens with two attached hydrogens (primary N) is 1. The van der Waals surface area contributed by atoms with E-state index in [4.69, 9.17) is 15.8 Å². The Labute approximate surface area is 92.4 Å². The quantitative estimate of drug-likeness (QED) is 0.358. The molecule has 2 unspecified atom stereocenters. The SMILES string of the molecule is NC(CCCCB(O)O)CC1CCCN1. The van der Waals surface area contributed by atoms with Gasteiger partial charge in [0, 0.05) is 12.1 Å². The molecule has 1 fully saturated rings. The fourth-order valence-corrected chi connectivity index (χ4v) is 2.17. The zero-order valence-corrected chi connectivity index (χ0v) is 9.36. The van der Waals surface area contributed by atoms with Crippen molar-refractivity contribution in [3.05, 3.63) is 0 Å². The molecule has 1 saturated heterocycles. The molecule has 0 aromatic heterocycles. The molecule has 0 spiro atoms. The summed E-state index contributed by atoms with van der Waals surface area (Å²) in [6.45, 7) is 1.13. The van der Waals surface area contributed by atoms with Gasteiger partial charge in [-0.05, 0) is 38.5 Å². The van der Waals surface area contributed by atoms with Gasteiger partial charge in [0.2, 0.25) is 0 Å². The standard InChI is InChI=1S/C10H23BN2O2/c12-9(4-1-2-6-11(14)15)8-10-5-3-7-13-10/h9-10,13-15H,1-8,12H2. The molecule has 0 radical (unpaired) electrons. The molecule has 2 atom stereocenters. The molecule has 0 aromatic rings. The lowest BCUT2D eigenvalue weighted by molar-refractivity contribution is 0.398. The summed E-state index contributed by atoms with van der Waals surface area (Å²) in [7, 11) is -1.15. The van der Waals surface area contributed by atoms with Gasteiger partial charge in [0.05, 0.1) is 0 Å². The first kappa shape index (κ1) is 13.0. The summed E-state index contributed by atoms with van der Waals surface area (Å²) < 4.78 is 0. The van der Waals surface area contributed by atoms with Gasteiger partial charge >= 0.3 is 7.12 Å². The Bertz CT molecular complexity index is 164. The summed E-state index contributed by atoms with van der Waals surface area (Å²) in [5.74, 6) is 0. The van der Waals surface area contributed by atoms with Gasteiger partial charge in [-0.2, -0.15) is 0 Å². The molecule has 5 heteroatoms. The topological polar surface area (TPSA) is 78.5 Å². The molecule has 15 heavy (non-hydrogen) atoms. The predicted molar refractivity (Wildman–Crippen MR) is 62.5 cm³/mol. The molecule has 1 rings (SSSR count). The van der Waals surface area contributed by atoms with Crippen LogP contribution in [0.3, 0.4) is 0 Å². The second-order valence-electron chi connectivity index (χ2n) is 4.55. The van der Waals surface area contributed by atoms with Crippen LogP contribution in [0.2, 0.25) is 6.32 Å². The normalized spacial score (nSPS) is 23.0. The fraction of sp³-hybridized carbons (Fsp3) is 1.00. The first-order chi connectivity index (χ1) is 7.18. The van der Waals surface area contributed by atoms with Crippen molar-refractivity contribution >= 4 is 7.12 Å². The maximum Gasteiger partial charge on any atom is 0.451 e. The summed E-state index contributed by atoms with van der Waals surface area (Å²) in [6, 6.07) is 0.875. The van der Waals surface area contributed by atoms with Crippen LogP contribution in [0.4, 0.5) is 0 Å². The largest absolute Gasteiger partial charge is 0.451 e. The fourth-order valence-electron chi connectivity index (χ4n) is 2.17. The number of hydrogen-bond donors (Lipinski definition) is 4. The maximum atomic E-state index is 8.66. The first-order valence-corrected chi connectivity index (χ1v) is 6.03. The zero-order valence-electron chi connectivity index (χ0n) is 9.36. The summed E-state index contributed by atoms with van der Waals surface area (Å²) in [4.78, 5) is 0. The number of rotatable bonds is 7. The Morgan fingerprint density at radius 1 is 1.40 bits per heavy atom. The molecule has 0 amide bonds. The van der Waals surface area contributed by atoms with E-state index in [-0.39, 0.29) is 6.04 Å². The van der Waals surface area contributed by atoms with E-state index in [0.29, 0.717) is 12.4 Å². The minimum atomic E-state index is -1.15. The lowest BCUT2D eigenvalue weighted by atomic mass is 9.83. The van der Waals surface area contributed by atoms with Crippen molar-refractivity contribution < 1.29 is 10.0 Å². The molecule has 1 aliphatic rings. The summed E-state index contributed by atoms with van der Waals surface area (Å²) in [6.07, 6.45) is 6.88. The summed E-state index contributed by atoms with van der Waals surface area (Å²) in [5, 5.41) is 20.8. The van der Waals surface area contributed by atoms with E-state index in [2.05, 4.69) is 5.32 Å². The molecular weight excluding hydrogens is 191 g/mol. The van der Waals surface area contributed by atoms with Crippen LogP contribution in [0.5, 0.6) is 0 Å². The lowest BCUT2D eigenvalue weighted by Crippen LogP contribution is -2.31. The van der Waals surface area contributed by atoms with Crippen molar-refractivity contribution in [1.82, 2.24) is 5.32 Å². The average Bonchev–Trinajstić information content (AvgIpc) is 2.64. The third kappa shape index (κ3) is 6.15. The number of nitrogens with one attached hydrogen (secondary N) is 1. The highest BCUT2D eigenvalue weighted by Crippen LogP contribution is 2.13. The second kappa shape index (κ2) is 7.22. The Morgan fingerprint density at radius 3 is 2.80 bits per heavy atom. The molecule has 1 aliphatic heterocycles. The molecule has 88 valence electrons. The molecule has 5 N–H and O–H groups in total. The number of unbranched alkanes of at least 4 members (excludes halogenated alkanes) is 1. The van der Waals surface area contributed by atoms with Crippen molar-refractivity contribution in [3.63, 3.8) is 0 Å². The van der Waals surface area contributed by atoms with Crippen molar-refractivity contribution in [3.8, 4) is 0 Å². The molecule has 4 nitrogen and oxygen atoms in total. The van der Waals surface area contributed by atoms with Crippen molar-refractivity contribution in [2.45, 2.75) is 56.9 Å². The van der Waals surface area contributed by atoms with Crippen molar-refractivity contribution in [1.29, 1.82) is 0 Å². The Balaban J connectivity index is 1.95. The molecule has 0 bridgehead atoms. The van der Waals surface area contributed by atoms with Gasteiger partial charge in [0.1, 0.15) is 0 Å². The highest BCUT2D eigenvalue weighted by molar-refractivity contribution is 6.40. The van der Waals surface area contributed by atoms with Crippen LogP contribution in [0.25, 0.3) is 0 Å². The van der Waals surface area contributed by atoms with E-state index in [9.17, 15) is 0 Å². The van der Waals surface area contributed by atoms with Crippen molar-refractivity contribution in [2.24, 2.45) is 5.73 Å². The van der Waals surface area contributed by atoms with Gasteiger partial charge < -0.3 is 21.1 Å². The van der Waals surface area contributed by atoms with Crippen LogP contribution in [0.1, 0.15) is 38.5 Å². The molecule has 0 saturated carbocycles. The van der Waals surface area contributed by atoms with Crippen LogP contribution in [0, 0.1) is 0 Å². The third-order valence-electron chi connectivity index (χ3n) is 3.04. The Kier molecular flexibility index (Phi) is 6.25. The van der Waals surface area contributed by atoms with E-state index < -0.39 is 7.12 Å². The zero-order chi connectivity index (χ0) is 11.1. The van der Waals surface area contributed by atoms with Gasteiger partial charge in [-0.3, -0.25) is 0 Å². The van der Waals surface area contributed by atoms with Crippen LogP contribution < -0.4 is 11.1 Å². The van der Waals surface area contributed by atoms with E-state index in [1.54, 1.807) is 0 Å². The first-order valence-electron chi connectivity index (χ1n) is 6.03. The second-order valence-corrected chi connectivity index (χ2v) is 4.55. The van der Waals surface area contributed by atoms with E-state index in [1.165, 1.54) is 12.8 Å². The number of hydrogen-bond acceptors (Lipinski definition) is 4. The van der Waals surface area contributed by atoms with E-state index in [0.717, 1.165) is 32.2 Å². The smallest absolute Gasteiger partial charge is 0.427 e. The minimum Gasteiger partial charge on any atom is -0.427 e. The highest BCUT2D eigenvalue weighted by atomic mass is 16.4. The van der Waals surface area contributed by atoms with Gasteiger partial charge in [-0.15, -0.1) is 0 Å². The Morgan fingerprint density at radius 2 is 2.20 bits per heavy atom. The van der Waals surface area contributed by atoms with Crippen molar-refractivity contribution in [2.75, 3.05) is 6.54 Å². The van der Waals surface area contributed by atoms with Crippen LogP contribution >= 0.6 is 0 Å². The van der Waals surface area contributed by atoms with Crippen LogP contribution in [-0.4, -0.2) is 35.8 Å². The van der Waals surface area contributed by atoms with Gasteiger partial charge in [0.15, 0.2) is 0 Å². The average molecular weight is 214 g/mol. The minimum absolute atomic E-state index is 0.261.